The fourth-order valence-corrected chi connectivity index (χ4v) is 1.82. The van der Waals surface area contributed by atoms with Crippen molar-refractivity contribution >= 4 is 5.69 Å². The van der Waals surface area contributed by atoms with Gasteiger partial charge in [0.1, 0.15) is 0 Å². The molecule has 13 heavy (non-hydrogen) atoms. The number of rotatable bonds is 2. The van der Waals surface area contributed by atoms with Crippen molar-refractivity contribution in [3.63, 3.8) is 0 Å². The van der Waals surface area contributed by atoms with Gasteiger partial charge in [0.25, 0.3) is 0 Å². The first kappa shape index (κ1) is 8.57. The molecular formula is C11H16N2. The van der Waals surface area contributed by atoms with Crippen LogP contribution in [0.5, 0.6) is 0 Å². The van der Waals surface area contributed by atoms with Crippen LogP contribution in [0.4, 0.5) is 5.69 Å². The second kappa shape index (κ2) is 3.04. The molecule has 0 unspecified atom stereocenters. The molecule has 1 aromatic rings. The Balaban J connectivity index is 2.22. The number of nitrogens with two attached hydrogens (primary N) is 1. The van der Waals surface area contributed by atoms with Gasteiger partial charge in [-0.25, -0.2) is 0 Å². The maximum Gasteiger partial charge on any atom is 0.0409 e. The van der Waals surface area contributed by atoms with Crippen LogP contribution in [0.25, 0.3) is 0 Å². The van der Waals surface area contributed by atoms with Crippen molar-refractivity contribution in [2.24, 2.45) is 5.73 Å². The van der Waals surface area contributed by atoms with Gasteiger partial charge in [-0.05, 0) is 37.0 Å². The Morgan fingerprint density at radius 1 is 1.23 bits per heavy atom. The van der Waals surface area contributed by atoms with Crippen LogP contribution < -0.4 is 11.1 Å². The molecule has 0 saturated heterocycles. The van der Waals surface area contributed by atoms with Crippen LogP contribution in [-0.2, 0) is 5.54 Å². The summed E-state index contributed by atoms with van der Waals surface area (Å²) in [6.07, 6.45) is 3.53. The summed E-state index contributed by atoms with van der Waals surface area (Å²) >= 11 is 0. The maximum absolute atomic E-state index is 6.20. The normalized spacial score (nSPS) is 19.2. The highest BCUT2D eigenvalue weighted by atomic mass is 14.8. The molecule has 70 valence electrons. The molecule has 2 nitrogen and oxygen atoms in total. The zero-order valence-electron chi connectivity index (χ0n) is 8.01. The lowest BCUT2D eigenvalue weighted by Gasteiger charge is -2.38. The molecule has 0 heterocycles. The first-order valence-corrected chi connectivity index (χ1v) is 4.82. The minimum atomic E-state index is -0.0216. The van der Waals surface area contributed by atoms with Crippen molar-refractivity contribution in [3.05, 3.63) is 29.8 Å². The van der Waals surface area contributed by atoms with Crippen molar-refractivity contribution in [1.82, 2.24) is 0 Å². The van der Waals surface area contributed by atoms with E-state index >= 15 is 0 Å². The summed E-state index contributed by atoms with van der Waals surface area (Å²) in [5.41, 5.74) is 8.59. The summed E-state index contributed by atoms with van der Waals surface area (Å²) in [4.78, 5) is 0. The van der Waals surface area contributed by atoms with E-state index < -0.39 is 0 Å². The first-order chi connectivity index (χ1) is 6.24. The standard InChI is InChI=1S/C11H16N2/c1-13-10-5-3-9(4-6-10)11(12)7-2-8-11/h3-6,13H,2,7-8,12H2,1H3. The Morgan fingerprint density at radius 2 is 1.85 bits per heavy atom. The quantitative estimate of drug-likeness (QED) is 0.724. The third kappa shape index (κ3) is 1.42. The fraction of sp³-hybridized carbons (Fsp3) is 0.455. The van der Waals surface area contributed by atoms with Gasteiger partial charge < -0.3 is 11.1 Å². The molecule has 1 fully saturated rings. The zero-order valence-corrected chi connectivity index (χ0v) is 8.01. The smallest absolute Gasteiger partial charge is 0.0409 e. The molecule has 0 atom stereocenters. The van der Waals surface area contributed by atoms with Gasteiger partial charge in [0.15, 0.2) is 0 Å². The van der Waals surface area contributed by atoms with E-state index in [9.17, 15) is 0 Å². The first-order valence-electron chi connectivity index (χ1n) is 4.82. The van der Waals surface area contributed by atoms with E-state index in [-0.39, 0.29) is 5.54 Å². The Bertz CT molecular complexity index is 285. The number of anilines is 1. The van der Waals surface area contributed by atoms with Crippen molar-refractivity contribution in [1.29, 1.82) is 0 Å². The second-order valence-electron chi connectivity index (χ2n) is 3.84. The van der Waals surface area contributed by atoms with Crippen LogP contribution in [0, 0.1) is 0 Å². The summed E-state index contributed by atoms with van der Waals surface area (Å²) in [5, 5.41) is 3.10. The van der Waals surface area contributed by atoms with Crippen LogP contribution in [0.1, 0.15) is 24.8 Å². The van der Waals surface area contributed by atoms with E-state index in [2.05, 4.69) is 29.6 Å². The number of benzene rings is 1. The molecule has 0 radical (unpaired) electrons. The van der Waals surface area contributed by atoms with Crippen LogP contribution in [0.3, 0.4) is 0 Å². The van der Waals surface area contributed by atoms with Gasteiger partial charge in [-0.15, -0.1) is 0 Å². The van der Waals surface area contributed by atoms with Crippen molar-refractivity contribution < 1.29 is 0 Å². The number of hydrogen-bond acceptors (Lipinski definition) is 2. The molecule has 0 bridgehead atoms. The number of nitrogens with one attached hydrogen (secondary N) is 1. The van der Waals surface area contributed by atoms with Gasteiger partial charge in [-0.3, -0.25) is 0 Å². The third-order valence-corrected chi connectivity index (χ3v) is 2.99. The Hall–Kier alpha value is -1.02. The average Bonchev–Trinajstić information content (AvgIpc) is 2.14. The van der Waals surface area contributed by atoms with E-state index in [0.29, 0.717) is 0 Å². The molecule has 1 saturated carbocycles. The Kier molecular flexibility index (Phi) is 2.00. The lowest BCUT2D eigenvalue weighted by Crippen LogP contribution is -2.43. The highest BCUT2D eigenvalue weighted by Gasteiger charge is 2.33. The molecular weight excluding hydrogens is 160 g/mol. The van der Waals surface area contributed by atoms with Crippen LogP contribution in [-0.4, -0.2) is 7.05 Å². The molecule has 2 heteroatoms. The second-order valence-corrected chi connectivity index (χ2v) is 3.84. The minimum Gasteiger partial charge on any atom is -0.388 e. The van der Waals surface area contributed by atoms with Gasteiger partial charge in [0.2, 0.25) is 0 Å². The summed E-state index contributed by atoms with van der Waals surface area (Å²) < 4.78 is 0. The van der Waals surface area contributed by atoms with Gasteiger partial charge in [0.05, 0.1) is 0 Å². The summed E-state index contributed by atoms with van der Waals surface area (Å²) in [7, 11) is 1.93. The van der Waals surface area contributed by atoms with Crippen molar-refractivity contribution in [3.8, 4) is 0 Å². The van der Waals surface area contributed by atoms with Crippen LogP contribution in [0.2, 0.25) is 0 Å². The number of hydrogen-bond donors (Lipinski definition) is 2. The highest BCUT2D eigenvalue weighted by molar-refractivity contribution is 5.45. The molecule has 0 amide bonds. The van der Waals surface area contributed by atoms with Gasteiger partial charge in [-0.2, -0.15) is 0 Å². The third-order valence-electron chi connectivity index (χ3n) is 2.99. The molecule has 1 aromatic carbocycles. The topological polar surface area (TPSA) is 38.0 Å². The maximum atomic E-state index is 6.20. The molecule has 0 aromatic heterocycles. The molecule has 1 aliphatic carbocycles. The van der Waals surface area contributed by atoms with Crippen molar-refractivity contribution in [2.45, 2.75) is 24.8 Å². The van der Waals surface area contributed by atoms with Crippen molar-refractivity contribution in [2.75, 3.05) is 12.4 Å². The molecule has 2 rings (SSSR count). The predicted molar refractivity (Wildman–Crippen MR) is 55.7 cm³/mol. The lowest BCUT2D eigenvalue weighted by molar-refractivity contribution is 0.253. The summed E-state index contributed by atoms with van der Waals surface area (Å²) in [5.74, 6) is 0. The van der Waals surface area contributed by atoms with E-state index in [1.807, 2.05) is 7.05 Å². The average molecular weight is 176 g/mol. The van der Waals surface area contributed by atoms with Gasteiger partial charge in [-0.1, -0.05) is 12.1 Å². The Morgan fingerprint density at radius 3 is 2.23 bits per heavy atom. The van der Waals surface area contributed by atoms with E-state index in [4.69, 9.17) is 5.73 Å². The fourth-order valence-electron chi connectivity index (χ4n) is 1.82. The van der Waals surface area contributed by atoms with Crippen LogP contribution >= 0.6 is 0 Å². The molecule has 3 N–H and O–H groups in total. The largest absolute Gasteiger partial charge is 0.388 e. The molecule has 0 spiro atoms. The molecule has 1 aliphatic rings. The van der Waals surface area contributed by atoms with E-state index in [1.165, 1.54) is 12.0 Å². The molecule has 0 aliphatic heterocycles. The SMILES string of the molecule is CNc1ccc(C2(N)CCC2)cc1. The summed E-state index contributed by atoms with van der Waals surface area (Å²) in [6, 6.07) is 8.43. The van der Waals surface area contributed by atoms with E-state index in [0.717, 1.165) is 18.5 Å². The lowest BCUT2D eigenvalue weighted by atomic mass is 9.73. The van der Waals surface area contributed by atoms with Gasteiger partial charge >= 0.3 is 0 Å². The predicted octanol–water partition coefficient (Wildman–Crippen LogP) is 2.07. The monoisotopic (exact) mass is 176 g/mol. The highest BCUT2D eigenvalue weighted by Crippen LogP contribution is 2.38. The van der Waals surface area contributed by atoms with Gasteiger partial charge in [0, 0.05) is 18.3 Å². The van der Waals surface area contributed by atoms with Crippen LogP contribution in [0.15, 0.2) is 24.3 Å². The zero-order chi connectivity index (χ0) is 9.31. The minimum absolute atomic E-state index is 0.0216. The summed E-state index contributed by atoms with van der Waals surface area (Å²) in [6.45, 7) is 0. The van der Waals surface area contributed by atoms with E-state index in [1.54, 1.807) is 0 Å². The Labute approximate surface area is 79.1 Å².